The largest absolute Gasteiger partial charge is 0.481 e. The topological polar surface area (TPSA) is 71.2 Å². The van der Waals surface area contributed by atoms with Crippen molar-refractivity contribution >= 4 is 23.7 Å². The van der Waals surface area contributed by atoms with E-state index in [4.69, 9.17) is 5.11 Å². The van der Waals surface area contributed by atoms with Crippen LogP contribution in [0.5, 0.6) is 0 Å². The number of aliphatic carboxylic acids is 1. The Bertz CT molecular complexity index is 448. The molecule has 1 heterocycles. The molecule has 0 aliphatic heterocycles. The van der Waals surface area contributed by atoms with Gasteiger partial charge in [0.25, 0.3) is 0 Å². The van der Waals surface area contributed by atoms with Gasteiger partial charge in [-0.25, -0.2) is 0 Å². The molecule has 1 atom stereocenters. The van der Waals surface area contributed by atoms with Crippen molar-refractivity contribution in [2.75, 3.05) is 17.7 Å². The van der Waals surface area contributed by atoms with Gasteiger partial charge in [-0.1, -0.05) is 25.1 Å². The average molecular weight is 300 g/mol. The zero-order valence-electron chi connectivity index (χ0n) is 12.8. The highest BCUT2D eigenvalue weighted by molar-refractivity contribution is 7.99. The van der Waals surface area contributed by atoms with Gasteiger partial charge in [-0.05, 0) is 27.2 Å². The molecule has 1 aromatic rings. The number of carboxylic acid groups (broad SMARTS) is 1. The predicted octanol–water partition coefficient (Wildman–Crippen LogP) is 2.66. The fourth-order valence-corrected chi connectivity index (χ4v) is 2.78. The second-order valence-electron chi connectivity index (χ2n) is 5.18. The fraction of sp³-hybridized carbons (Fsp3) is 0.769. The second kappa shape index (κ2) is 7.52. The van der Waals surface area contributed by atoms with Crippen LogP contribution in [0.4, 0.5) is 5.95 Å². The lowest BCUT2D eigenvalue weighted by Gasteiger charge is -2.27. The van der Waals surface area contributed by atoms with Crippen molar-refractivity contribution < 1.29 is 9.90 Å². The van der Waals surface area contributed by atoms with Gasteiger partial charge in [0, 0.05) is 19.1 Å². The number of carbonyl (C=O) groups is 1. The maximum atomic E-state index is 10.7. The summed E-state index contributed by atoms with van der Waals surface area (Å²) in [5, 5.41) is 17.8. The lowest BCUT2D eigenvalue weighted by molar-refractivity contribution is -0.133. The Morgan fingerprint density at radius 1 is 1.40 bits per heavy atom. The van der Waals surface area contributed by atoms with Crippen molar-refractivity contribution in [1.29, 1.82) is 0 Å². The number of hydrogen-bond donors (Lipinski definition) is 1. The quantitative estimate of drug-likeness (QED) is 0.744. The summed E-state index contributed by atoms with van der Waals surface area (Å²) >= 11 is 1.21. The fourth-order valence-electron chi connectivity index (χ4n) is 1.99. The summed E-state index contributed by atoms with van der Waals surface area (Å²) < 4.78 is 2.00. The third kappa shape index (κ3) is 4.13. The van der Waals surface area contributed by atoms with E-state index in [2.05, 4.69) is 42.8 Å². The maximum Gasteiger partial charge on any atom is 0.313 e. The summed E-state index contributed by atoms with van der Waals surface area (Å²) in [4.78, 5) is 12.8. The van der Waals surface area contributed by atoms with Crippen LogP contribution in [0.1, 0.15) is 46.6 Å². The van der Waals surface area contributed by atoms with Gasteiger partial charge in [-0.3, -0.25) is 9.36 Å². The average Bonchev–Trinajstić information content (AvgIpc) is 2.79. The zero-order chi connectivity index (χ0) is 15.3. The molecule has 0 saturated carbocycles. The summed E-state index contributed by atoms with van der Waals surface area (Å²) in [5.41, 5.74) is 0. The van der Waals surface area contributed by atoms with E-state index in [1.165, 1.54) is 11.8 Å². The molecule has 0 aromatic carbocycles. The molecular weight excluding hydrogens is 276 g/mol. The number of nitrogens with zero attached hydrogens (tertiary/aromatic N) is 4. The molecule has 0 amide bonds. The summed E-state index contributed by atoms with van der Waals surface area (Å²) in [6, 6.07) is 0.562. The first kappa shape index (κ1) is 16.8. The summed E-state index contributed by atoms with van der Waals surface area (Å²) in [7, 11) is 2.01. The number of hydrogen-bond acceptors (Lipinski definition) is 5. The molecule has 0 radical (unpaired) electrons. The maximum absolute atomic E-state index is 10.7. The molecule has 0 aliphatic carbocycles. The Morgan fingerprint density at radius 3 is 2.55 bits per heavy atom. The Morgan fingerprint density at radius 2 is 2.05 bits per heavy atom. The van der Waals surface area contributed by atoms with Crippen molar-refractivity contribution in [3.63, 3.8) is 0 Å². The molecule has 1 rings (SSSR count). The van der Waals surface area contributed by atoms with E-state index in [1.807, 2.05) is 11.6 Å². The molecule has 0 aliphatic rings. The zero-order valence-corrected chi connectivity index (χ0v) is 13.6. The molecule has 0 saturated heterocycles. The highest BCUT2D eigenvalue weighted by atomic mass is 32.2. The first-order valence-electron chi connectivity index (χ1n) is 6.90. The minimum absolute atomic E-state index is 0.000912. The molecule has 6 nitrogen and oxygen atoms in total. The van der Waals surface area contributed by atoms with Crippen LogP contribution in [0.25, 0.3) is 0 Å². The van der Waals surface area contributed by atoms with Crippen LogP contribution < -0.4 is 4.90 Å². The van der Waals surface area contributed by atoms with Crippen LogP contribution in [0.3, 0.4) is 0 Å². The molecule has 0 fully saturated rings. The normalized spacial score (nSPS) is 12.7. The molecule has 0 bridgehead atoms. The van der Waals surface area contributed by atoms with E-state index in [1.54, 1.807) is 0 Å². The predicted molar refractivity (Wildman–Crippen MR) is 81.5 cm³/mol. The van der Waals surface area contributed by atoms with Gasteiger partial charge in [-0.2, -0.15) is 0 Å². The minimum Gasteiger partial charge on any atom is -0.481 e. The van der Waals surface area contributed by atoms with Gasteiger partial charge in [0.05, 0.1) is 5.75 Å². The van der Waals surface area contributed by atoms with E-state index >= 15 is 0 Å². The van der Waals surface area contributed by atoms with Gasteiger partial charge in [0.15, 0.2) is 5.16 Å². The molecule has 0 spiro atoms. The second-order valence-corrected chi connectivity index (χ2v) is 6.12. The monoisotopic (exact) mass is 300 g/mol. The first-order chi connectivity index (χ1) is 9.38. The van der Waals surface area contributed by atoms with Crippen LogP contribution in [0.15, 0.2) is 5.16 Å². The minimum atomic E-state index is -0.845. The highest BCUT2D eigenvalue weighted by Gasteiger charge is 2.21. The van der Waals surface area contributed by atoms with E-state index in [-0.39, 0.29) is 11.8 Å². The Labute approximate surface area is 124 Å². The van der Waals surface area contributed by atoms with E-state index in [9.17, 15) is 4.79 Å². The Hall–Kier alpha value is -1.24. The third-order valence-electron chi connectivity index (χ3n) is 3.17. The summed E-state index contributed by atoms with van der Waals surface area (Å²) in [6.45, 7) is 8.42. The van der Waals surface area contributed by atoms with Crippen LogP contribution in [-0.2, 0) is 4.79 Å². The summed E-state index contributed by atoms with van der Waals surface area (Å²) in [6.07, 6.45) is 2.20. The highest BCUT2D eigenvalue weighted by Crippen LogP contribution is 2.27. The lowest BCUT2D eigenvalue weighted by atomic mass is 10.2. The van der Waals surface area contributed by atoms with Crippen molar-refractivity contribution in [3.8, 4) is 0 Å². The molecule has 1 aromatic heterocycles. The molecular formula is C13H24N4O2S. The summed E-state index contributed by atoms with van der Waals surface area (Å²) in [5.74, 6) is -0.0459. The molecule has 20 heavy (non-hydrogen) atoms. The lowest BCUT2D eigenvalue weighted by Crippen LogP contribution is -2.31. The van der Waals surface area contributed by atoms with Gasteiger partial charge in [0.1, 0.15) is 0 Å². The molecule has 1 N–H and O–H groups in total. The molecule has 114 valence electrons. The third-order valence-corrected chi connectivity index (χ3v) is 4.10. The van der Waals surface area contributed by atoms with Crippen molar-refractivity contribution in [2.45, 2.75) is 57.8 Å². The van der Waals surface area contributed by atoms with E-state index in [0.29, 0.717) is 11.2 Å². The first-order valence-corrected chi connectivity index (χ1v) is 7.89. The van der Waals surface area contributed by atoms with Gasteiger partial charge in [-0.15, -0.1) is 10.2 Å². The van der Waals surface area contributed by atoms with E-state index < -0.39 is 5.97 Å². The van der Waals surface area contributed by atoms with Crippen LogP contribution in [0.2, 0.25) is 0 Å². The van der Waals surface area contributed by atoms with Crippen molar-refractivity contribution in [3.05, 3.63) is 0 Å². The smallest absolute Gasteiger partial charge is 0.313 e. The SMILES string of the molecule is CCCC(C)N(C)c1nnc(SCC(=O)O)n1C(C)C. The number of thioether (sulfide) groups is 1. The number of anilines is 1. The molecule has 1 unspecified atom stereocenters. The van der Waals surface area contributed by atoms with Crippen LogP contribution in [-0.4, -0.2) is 44.7 Å². The van der Waals surface area contributed by atoms with Crippen molar-refractivity contribution in [2.24, 2.45) is 0 Å². The van der Waals surface area contributed by atoms with Gasteiger partial charge >= 0.3 is 5.97 Å². The van der Waals surface area contributed by atoms with Gasteiger partial charge < -0.3 is 10.0 Å². The van der Waals surface area contributed by atoms with Crippen LogP contribution >= 0.6 is 11.8 Å². The number of rotatable bonds is 8. The van der Waals surface area contributed by atoms with E-state index in [0.717, 1.165) is 18.8 Å². The molecule has 7 heteroatoms. The Kier molecular flexibility index (Phi) is 6.32. The Balaban J connectivity index is 2.99. The number of carboxylic acids is 1. The van der Waals surface area contributed by atoms with Crippen molar-refractivity contribution in [1.82, 2.24) is 14.8 Å². The van der Waals surface area contributed by atoms with Crippen LogP contribution in [0, 0.1) is 0 Å². The van der Waals surface area contributed by atoms with Gasteiger partial charge in [0.2, 0.25) is 5.95 Å². The number of aromatic nitrogens is 3. The standard InChI is InChI=1S/C13H24N4O2S/c1-6-7-10(4)16(5)12-14-15-13(17(12)9(2)3)20-8-11(18)19/h9-10H,6-8H2,1-5H3,(H,18,19).